The van der Waals surface area contributed by atoms with Crippen molar-refractivity contribution in [3.8, 4) is 0 Å². The molecule has 2 heterocycles. The van der Waals surface area contributed by atoms with E-state index in [9.17, 15) is 9.59 Å². The van der Waals surface area contributed by atoms with Gasteiger partial charge in [0.15, 0.2) is 0 Å². The first-order chi connectivity index (χ1) is 18.5. The average Bonchev–Trinajstić information content (AvgIpc) is 3.55. The molecule has 194 valence electrons. The van der Waals surface area contributed by atoms with Crippen LogP contribution in [-0.4, -0.2) is 45.7 Å². The first-order valence-corrected chi connectivity index (χ1v) is 12.6. The van der Waals surface area contributed by atoms with E-state index in [1.54, 1.807) is 35.1 Å². The van der Waals surface area contributed by atoms with Crippen LogP contribution in [0.5, 0.6) is 0 Å². The quantitative estimate of drug-likeness (QED) is 0.312. The van der Waals surface area contributed by atoms with E-state index in [2.05, 4.69) is 10.3 Å². The lowest BCUT2D eigenvalue weighted by atomic mass is 10.1. The predicted molar refractivity (Wildman–Crippen MR) is 140 cm³/mol. The summed E-state index contributed by atoms with van der Waals surface area (Å²) in [6, 6.07) is 24.3. The van der Waals surface area contributed by atoms with Crippen LogP contribution in [0.3, 0.4) is 0 Å². The molecule has 3 atom stereocenters. The molecule has 38 heavy (non-hydrogen) atoms. The van der Waals surface area contributed by atoms with Crippen molar-refractivity contribution in [2.45, 2.75) is 45.1 Å². The Morgan fingerprint density at radius 3 is 2.18 bits per heavy atom. The zero-order valence-corrected chi connectivity index (χ0v) is 21.3. The Kier molecular flexibility index (Phi) is 7.60. The lowest BCUT2D eigenvalue weighted by Gasteiger charge is -2.19. The van der Waals surface area contributed by atoms with Gasteiger partial charge in [-0.15, -0.1) is 5.10 Å². The molecule has 0 spiro atoms. The molecular formula is C30H29N3O5. The third-order valence-electron chi connectivity index (χ3n) is 6.56. The summed E-state index contributed by atoms with van der Waals surface area (Å²) in [7, 11) is 0. The maximum atomic E-state index is 12.9. The Morgan fingerprint density at radius 1 is 0.895 bits per heavy atom. The summed E-state index contributed by atoms with van der Waals surface area (Å²) in [6.07, 6.45) is 0.329. The fraction of sp³-hybridized carbons (Fsp3) is 0.267. The van der Waals surface area contributed by atoms with Gasteiger partial charge in [-0.1, -0.05) is 70.9 Å². The molecule has 0 N–H and O–H groups in total. The molecule has 0 amide bonds. The fourth-order valence-electron chi connectivity index (χ4n) is 4.40. The Labute approximate surface area is 221 Å². The Balaban J connectivity index is 1.32. The van der Waals surface area contributed by atoms with Crippen LogP contribution in [0.4, 0.5) is 0 Å². The highest BCUT2D eigenvalue weighted by Crippen LogP contribution is 2.35. The number of carbonyl (C=O) groups is 2. The van der Waals surface area contributed by atoms with Crippen LogP contribution < -0.4 is 0 Å². The molecule has 0 unspecified atom stereocenters. The van der Waals surface area contributed by atoms with Crippen molar-refractivity contribution in [1.29, 1.82) is 0 Å². The van der Waals surface area contributed by atoms with Crippen molar-refractivity contribution in [2.75, 3.05) is 6.61 Å². The number of aromatic nitrogens is 3. The maximum absolute atomic E-state index is 12.9. The Bertz CT molecular complexity index is 1380. The molecule has 0 aliphatic carbocycles. The van der Waals surface area contributed by atoms with E-state index in [1.807, 2.05) is 68.4 Å². The topological polar surface area (TPSA) is 92.5 Å². The molecule has 0 radical (unpaired) electrons. The number of carbonyl (C=O) groups excluding carboxylic acids is 2. The van der Waals surface area contributed by atoms with Crippen molar-refractivity contribution in [1.82, 2.24) is 15.0 Å². The monoisotopic (exact) mass is 511 g/mol. The number of rotatable bonds is 8. The highest BCUT2D eigenvalue weighted by atomic mass is 16.6. The molecule has 3 aromatic carbocycles. The Hall–Kier alpha value is -4.30. The summed E-state index contributed by atoms with van der Waals surface area (Å²) < 4.78 is 19.5. The third-order valence-corrected chi connectivity index (χ3v) is 6.56. The van der Waals surface area contributed by atoms with Crippen molar-refractivity contribution in [2.24, 2.45) is 0 Å². The second-order valence-electron chi connectivity index (χ2n) is 9.48. The molecule has 1 fully saturated rings. The van der Waals surface area contributed by atoms with E-state index >= 15 is 0 Å². The van der Waals surface area contributed by atoms with Gasteiger partial charge >= 0.3 is 11.9 Å². The SMILES string of the molecule is Cc1ccc(C(=O)OC[C@H]2O[C@H](c3cnnn3Cc3ccccc3)C[C@@H]2OC(=O)c2ccc(C)cc2)cc1. The second kappa shape index (κ2) is 11.4. The number of esters is 2. The number of aryl methyl sites for hydroxylation is 2. The van der Waals surface area contributed by atoms with Crippen LogP contribution in [0, 0.1) is 13.8 Å². The molecule has 1 saturated heterocycles. The van der Waals surface area contributed by atoms with Crippen molar-refractivity contribution < 1.29 is 23.8 Å². The van der Waals surface area contributed by atoms with Gasteiger partial charge in [0.05, 0.1) is 29.6 Å². The number of benzene rings is 3. The minimum atomic E-state index is -0.649. The van der Waals surface area contributed by atoms with Gasteiger partial charge in [-0.2, -0.15) is 0 Å². The van der Waals surface area contributed by atoms with Crippen molar-refractivity contribution in [3.63, 3.8) is 0 Å². The number of nitrogens with zero attached hydrogens (tertiary/aromatic N) is 3. The maximum Gasteiger partial charge on any atom is 0.338 e. The smallest absolute Gasteiger partial charge is 0.338 e. The summed E-state index contributed by atoms with van der Waals surface area (Å²) >= 11 is 0. The van der Waals surface area contributed by atoms with Gasteiger partial charge in [-0.3, -0.25) is 0 Å². The van der Waals surface area contributed by atoms with E-state index in [-0.39, 0.29) is 6.61 Å². The molecule has 5 rings (SSSR count). The van der Waals surface area contributed by atoms with Gasteiger partial charge in [0.25, 0.3) is 0 Å². The third kappa shape index (κ3) is 5.98. The van der Waals surface area contributed by atoms with Gasteiger partial charge in [0.1, 0.15) is 24.9 Å². The molecule has 0 bridgehead atoms. The number of ether oxygens (including phenoxy) is 3. The Morgan fingerprint density at radius 2 is 1.53 bits per heavy atom. The van der Waals surface area contributed by atoms with E-state index in [4.69, 9.17) is 14.2 Å². The van der Waals surface area contributed by atoms with Gasteiger partial charge in [-0.25, -0.2) is 14.3 Å². The van der Waals surface area contributed by atoms with E-state index in [0.29, 0.717) is 24.1 Å². The number of hydrogen-bond acceptors (Lipinski definition) is 7. The molecule has 1 aromatic heterocycles. The lowest BCUT2D eigenvalue weighted by Crippen LogP contribution is -2.32. The van der Waals surface area contributed by atoms with E-state index in [0.717, 1.165) is 22.4 Å². The number of hydrogen-bond donors (Lipinski definition) is 0. The first-order valence-electron chi connectivity index (χ1n) is 12.6. The summed E-state index contributed by atoms with van der Waals surface area (Å²) in [6.45, 7) is 4.37. The second-order valence-corrected chi connectivity index (χ2v) is 9.48. The van der Waals surface area contributed by atoms with Gasteiger partial charge in [-0.05, 0) is 43.7 Å². The van der Waals surface area contributed by atoms with Gasteiger partial charge in [0.2, 0.25) is 0 Å². The lowest BCUT2D eigenvalue weighted by molar-refractivity contribution is -0.0439. The van der Waals surface area contributed by atoms with Crippen LogP contribution in [0.15, 0.2) is 85.1 Å². The molecule has 8 nitrogen and oxygen atoms in total. The van der Waals surface area contributed by atoms with Crippen LogP contribution in [0.2, 0.25) is 0 Å². The minimum absolute atomic E-state index is 0.0602. The van der Waals surface area contributed by atoms with E-state index in [1.165, 1.54) is 0 Å². The highest BCUT2D eigenvalue weighted by Gasteiger charge is 2.41. The van der Waals surface area contributed by atoms with Crippen LogP contribution >= 0.6 is 0 Å². The van der Waals surface area contributed by atoms with Crippen LogP contribution in [0.1, 0.15) is 55.6 Å². The average molecular weight is 512 g/mol. The summed E-state index contributed by atoms with van der Waals surface area (Å²) in [5.41, 5.74) is 4.83. The van der Waals surface area contributed by atoms with Crippen molar-refractivity contribution in [3.05, 3.63) is 119 Å². The molecule has 4 aromatic rings. The summed E-state index contributed by atoms with van der Waals surface area (Å²) in [5, 5.41) is 8.33. The highest BCUT2D eigenvalue weighted by molar-refractivity contribution is 5.90. The molecule has 1 aliphatic heterocycles. The van der Waals surface area contributed by atoms with E-state index < -0.39 is 30.3 Å². The van der Waals surface area contributed by atoms with Crippen molar-refractivity contribution >= 4 is 11.9 Å². The zero-order chi connectivity index (χ0) is 26.5. The molecule has 0 saturated carbocycles. The van der Waals surface area contributed by atoms with Gasteiger partial charge < -0.3 is 14.2 Å². The normalized spacial score (nSPS) is 18.7. The zero-order valence-electron chi connectivity index (χ0n) is 21.3. The molecule has 1 aliphatic rings. The first kappa shape index (κ1) is 25.4. The largest absolute Gasteiger partial charge is 0.459 e. The molecule has 8 heteroatoms. The van der Waals surface area contributed by atoms with Gasteiger partial charge in [0, 0.05) is 6.42 Å². The molecular weight excluding hydrogens is 482 g/mol. The predicted octanol–water partition coefficient (Wildman–Crippen LogP) is 4.86. The van der Waals surface area contributed by atoms with Crippen LogP contribution in [0.25, 0.3) is 0 Å². The standard InChI is InChI=1S/C30H29N3O5/c1-20-8-12-23(13-9-20)29(34)36-19-28-27(38-30(35)24-14-10-21(2)11-15-24)16-26(37-28)25-17-31-32-33(25)18-22-6-4-3-5-7-22/h3-15,17,26-28H,16,18-19H2,1-2H3/t26-,27-,28+/m0/s1. The van der Waals surface area contributed by atoms with Crippen LogP contribution in [-0.2, 0) is 20.8 Å². The summed E-state index contributed by atoms with van der Waals surface area (Å²) in [4.78, 5) is 25.6. The minimum Gasteiger partial charge on any atom is -0.459 e. The summed E-state index contributed by atoms with van der Waals surface area (Å²) in [5.74, 6) is -0.915. The fourth-order valence-corrected chi connectivity index (χ4v) is 4.40.